The lowest BCUT2D eigenvalue weighted by Gasteiger charge is -2.11. The van der Waals surface area contributed by atoms with E-state index in [1.807, 2.05) is 0 Å². The van der Waals surface area contributed by atoms with Crippen LogP contribution >= 0.6 is 39.1 Å². The Kier molecular flexibility index (Phi) is 6.48. The van der Waals surface area contributed by atoms with E-state index in [9.17, 15) is 9.59 Å². The van der Waals surface area contributed by atoms with Crippen molar-refractivity contribution in [1.82, 2.24) is 0 Å². The number of benzene rings is 2. The number of carbonyl (C=O) groups excluding carboxylic acids is 2. The summed E-state index contributed by atoms with van der Waals surface area (Å²) < 4.78 is 15.9. The van der Waals surface area contributed by atoms with Crippen molar-refractivity contribution in [2.75, 3.05) is 13.7 Å². The molecule has 0 atom stereocenters. The van der Waals surface area contributed by atoms with Crippen LogP contribution in [-0.4, -0.2) is 25.7 Å². The number of ether oxygens (including phenoxy) is 3. The molecule has 0 saturated heterocycles. The highest BCUT2D eigenvalue weighted by molar-refractivity contribution is 9.10. The zero-order valence-electron chi connectivity index (χ0n) is 12.3. The zero-order chi connectivity index (χ0) is 17.7. The van der Waals surface area contributed by atoms with Gasteiger partial charge in [-0.1, -0.05) is 39.1 Å². The Morgan fingerprint density at radius 2 is 1.79 bits per heavy atom. The zero-order valence-corrected chi connectivity index (χ0v) is 15.4. The third-order valence-electron chi connectivity index (χ3n) is 2.81. The van der Waals surface area contributed by atoms with Gasteiger partial charge in [-0.05, 0) is 36.4 Å². The molecule has 24 heavy (non-hydrogen) atoms. The first-order valence-electron chi connectivity index (χ1n) is 6.57. The van der Waals surface area contributed by atoms with Gasteiger partial charge in [0, 0.05) is 9.50 Å². The molecule has 0 N–H and O–H groups in total. The van der Waals surface area contributed by atoms with Gasteiger partial charge in [0.2, 0.25) is 0 Å². The fourth-order valence-corrected chi connectivity index (χ4v) is 2.64. The smallest absolute Gasteiger partial charge is 0.349 e. The summed E-state index contributed by atoms with van der Waals surface area (Å²) >= 11 is 15.1. The van der Waals surface area contributed by atoms with Gasteiger partial charge in [-0.3, -0.25) is 0 Å². The van der Waals surface area contributed by atoms with Crippen molar-refractivity contribution in [2.45, 2.75) is 0 Å². The number of esters is 2. The summed E-state index contributed by atoms with van der Waals surface area (Å²) in [6, 6.07) is 9.21. The largest absolute Gasteiger partial charge is 0.480 e. The molecule has 0 heterocycles. The Labute approximate surface area is 156 Å². The van der Waals surface area contributed by atoms with E-state index in [-0.39, 0.29) is 17.9 Å². The number of carbonyl (C=O) groups is 2. The quantitative estimate of drug-likeness (QED) is 0.512. The third kappa shape index (κ3) is 4.87. The molecule has 0 spiro atoms. The number of halogens is 3. The van der Waals surface area contributed by atoms with Gasteiger partial charge in [-0.2, -0.15) is 0 Å². The van der Waals surface area contributed by atoms with E-state index in [2.05, 4.69) is 20.7 Å². The van der Waals surface area contributed by atoms with Gasteiger partial charge < -0.3 is 14.2 Å². The van der Waals surface area contributed by atoms with Gasteiger partial charge in [0.1, 0.15) is 17.1 Å². The summed E-state index contributed by atoms with van der Waals surface area (Å²) in [5.41, 5.74) is 0.0417. The molecule has 0 amide bonds. The van der Waals surface area contributed by atoms with Crippen molar-refractivity contribution in [3.05, 3.63) is 56.5 Å². The summed E-state index contributed by atoms with van der Waals surface area (Å²) in [6.45, 7) is -0.384. The minimum absolute atomic E-state index is 0.0294. The summed E-state index contributed by atoms with van der Waals surface area (Å²) in [5, 5.41) is 0.659. The van der Waals surface area contributed by atoms with Crippen molar-refractivity contribution in [2.24, 2.45) is 0 Å². The molecular formula is C16H11BrCl2O5. The first-order valence-corrected chi connectivity index (χ1v) is 8.12. The molecule has 8 heteroatoms. The molecule has 0 aliphatic heterocycles. The molecule has 0 radical (unpaired) electrons. The second kappa shape index (κ2) is 8.37. The highest BCUT2D eigenvalue weighted by Gasteiger charge is 2.17. The highest BCUT2D eigenvalue weighted by atomic mass is 79.9. The van der Waals surface area contributed by atoms with Crippen LogP contribution in [0.3, 0.4) is 0 Å². The minimum Gasteiger partial charge on any atom is -0.480 e. The van der Waals surface area contributed by atoms with E-state index in [1.54, 1.807) is 18.2 Å². The second-order valence-electron chi connectivity index (χ2n) is 4.47. The molecule has 0 aliphatic rings. The van der Waals surface area contributed by atoms with Crippen molar-refractivity contribution in [3.63, 3.8) is 0 Å². The first-order chi connectivity index (χ1) is 11.4. The van der Waals surface area contributed by atoms with Gasteiger partial charge in [-0.25, -0.2) is 9.59 Å². The second-order valence-corrected chi connectivity index (χ2v) is 6.23. The van der Waals surface area contributed by atoms with Crippen LogP contribution in [0.15, 0.2) is 40.9 Å². The number of methoxy groups -OCH3 is 1. The molecule has 0 fully saturated rings. The number of rotatable bonds is 5. The SMILES string of the molecule is COC(=O)c1cc(Cl)ccc1OC(=O)COc1ccc(Br)cc1Cl. The molecule has 2 rings (SSSR count). The molecule has 0 saturated carbocycles. The van der Waals surface area contributed by atoms with Crippen molar-refractivity contribution < 1.29 is 23.8 Å². The Balaban J connectivity index is 2.06. The van der Waals surface area contributed by atoms with E-state index >= 15 is 0 Å². The lowest BCUT2D eigenvalue weighted by molar-refractivity contribution is -0.136. The predicted octanol–water partition coefficient (Wildman–Crippen LogP) is 4.53. The standard InChI is InChI=1S/C16H11BrCl2O5/c1-22-16(21)11-7-10(18)3-5-13(11)24-15(20)8-23-14-4-2-9(17)6-12(14)19/h2-7H,8H2,1H3. The Morgan fingerprint density at radius 3 is 2.46 bits per heavy atom. The van der Waals surface area contributed by atoms with Gasteiger partial charge in [0.25, 0.3) is 0 Å². The van der Waals surface area contributed by atoms with E-state index in [0.29, 0.717) is 15.8 Å². The normalized spacial score (nSPS) is 10.2. The summed E-state index contributed by atoms with van der Waals surface area (Å²) in [6.07, 6.45) is 0. The van der Waals surface area contributed by atoms with Crippen LogP contribution in [0, 0.1) is 0 Å². The van der Waals surface area contributed by atoms with E-state index in [0.717, 1.165) is 4.47 Å². The molecule has 2 aromatic carbocycles. The van der Waals surface area contributed by atoms with Crippen molar-refractivity contribution in [1.29, 1.82) is 0 Å². The van der Waals surface area contributed by atoms with E-state index in [4.69, 9.17) is 32.7 Å². The predicted molar refractivity (Wildman–Crippen MR) is 93.1 cm³/mol. The van der Waals surface area contributed by atoms with Crippen LogP contribution < -0.4 is 9.47 Å². The summed E-state index contributed by atoms with van der Waals surface area (Å²) in [5.74, 6) is -1.01. The lowest BCUT2D eigenvalue weighted by Crippen LogP contribution is -2.19. The van der Waals surface area contributed by atoms with Crippen LogP contribution in [0.4, 0.5) is 0 Å². The fraction of sp³-hybridized carbons (Fsp3) is 0.125. The highest BCUT2D eigenvalue weighted by Crippen LogP contribution is 2.28. The Bertz CT molecular complexity index is 779. The van der Waals surface area contributed by atoms with Gasteiger partial charge >= 0.3 is 11.9 Å². The molecule has 0 aliphatic carbocycles. The molecule has 0 bridgehead atoms. The number of hydrogen-bond donors (Lipinski definition) is 0. The van der Waals surface area contributed by atoms with Crippen molar-refractivity contribution in [3.8, 4) is 11.5 Å². The maximum absolute atomic E-state index is 11.9. The van der Waals surface area contributed by atoms with E-state index in [1.165, 1.54) is 25.3 Å². The third-order valence-corrected chi connectivity index (χ3v) is 3.83. The lowest BCUT2D eigenvalue weighted by atomic mass is 10.2. The van der Waals surface area contributed by atoms with Crippen LogP contribution in [0.2, 0.25) is 10.0 Å². The summed E-state index contributed by atoms with van der Waals surface area (Å²) in [4.78, 5) is 23.6. The van der Waals surface area contributed by atoms with Gasteiger partial charge in [0.05, 0.1) is 12.1 Å². The maximum atomic E-state index is 11.9. The first kappa shape index (κ1) is 18.6. The Hall–Kier alpha value is -1.76. The molecule has 126 valence electrons. The molecule has 0 unspecified atom stereocenters. The van der Waals surface area contributed by atoms with E-state index < -0.39 is 11.9 Å². The van der Waals surface area contributed by atoms with Crippen LogP contribution in [-0.2, 0) is 9.53 Å². The Morgan fingerprint density at radius 1 is 1.08 bits per heavy atom. The summed E-state index contributed by atoms with van der Waals surface area (Å²) in [7, 11) is 1.22. The van der Waals surface area contributed by atoms with Crippen LogP contribution in [0.5, 0.6) is 11.5 Å². The van der Waals surface area contributed by atoms with Crippen LogP contribution in [0.1, 0.15) is 10.4 Å². The topological polar surface area (TPSA) is 61.8 Å². The monoisotopic (exact) mass is 432 g/mol. The average Bonchev–Trinajstić information content (AvgIpc) is 2.55. The molecule has 5 nitrogen and oxygen atoms in total. The number of hydrogen-bond acceptors (Lipinski definition) is 5. The van der Waals surface area contributed by atoms with Gasteiger partial charge in [0.15, 0.2) is 6.61 Å². The average molecular weight is 434 g/mol. The minimum atomic E-state index is -0.707. The fourth-order valence-electron chi connectivity index (χ4n) is 1.74. The molecule has 0 aromatic heterocycles. The van der Waals surface area contributed by atoms with Gasteiger partial charge in [-0.15, -0.1) is 0 Å². The van der Waals surface area contributed by atoms with Crippen LogP contribution in [0.25, 0.3) is 0 Å². The molecule has 2 aromatic rings. The maximum Gasteiger partial charge on any atom is 0.349 e. The van der Waals surface area contributed by atoms with Crippen molar-refractivity contribution >= 4 is 51.1 Å². The molecular weight excluding hydrogens is 423 g/mol.